The second-order valence-electron chi connectivity index (χ2n) is 4.22. The van der Waals surface area contributed by atoms with Gasteiger partial charge in [0.1, 0.15) is 0 Å². The molecule has 0 unspecified atom stereocenters. The lowest BCUT2D eigenvalue weighted by Crippen LogP contribution is -1.95. The van der Waals surface area contributed by atoms with Crippen LogP contribution in [0.15, 0.2) is 0 Å². The van der Waals surface area contributed by atoms with Gasteiger partial charge in [0.05, 0.1) is 9.75 Å². The van der Waals surface area contributed by atoms with Crippen LogP contribution in [0.5, 0.6) is 0 Å². The SMILES string of the molecule is C#Cc1sc(C=O)c(CCCC)c1CCCC. The van der Waals surface area contributed by atoms with E-state index in [1.807, 2.05) is 0 Å². The molecule has 1 nitrogen and oxygen atoms in total. The van der Waals surface area contributed by atoms with E-state index in [1.54, 1.807) is 0 Å². The first kappa shape index (κ1) is 14.0. The maximum atomic E-state index is 11.1. The molecule has 92 valence electrons. The molecule has 0 saturated carbocycles. The molecule has 0 atom stereocenters. The normalized spacial score (nSPS) is 10.2. The summed E-state index contributed by atoms with van der Waals surface area (Å²) in [5, 5.41) is 0. The fourth-order valence-electron chi connectivity index (χ4n) is 1.98. The van der Waals surface area contributed by atoms with E-state index in [-0.39, 0.29) is 0 Å². The minimum atomic E-state index is 0.845. The van der Waals surface area contributed by atoms with Crippen LogP contribution in [0.2, 0.25) is 0 Å². The largest absolute Gasteiger partial charge is 0.297 e. The Hall–Kier alpha value is -1.07. The van der Waals surface area contributed by atoms with Gasteiger partial charge >= 0.3 is 0 Å². The van der Waals surface area contributed by atoms with Crippen molar-refractivity contribution < 1.29 is 4.79 Å². The molecule has 0 aromatic carbocycles. The standard InChI is InChI=1S/C15H20OS/c1-4-7-9-12-13(10-8-5-2)15(11-16)17-14(12)6-3/h3,11H,4-5,7-10H2,1-2H3. The molecule has 0 aliphatic rings. The lowest BCUT2D eigenvalue weighted by atomic mass is 9.98. The second kappa shape index (κ2) is 7.29. The highest BCUT2D eigenvalue weighted by Crippen LogP contribution is 2.29. The highest BCUT2D eigenvalue weighted by Gasteiger charge is 2.15. The number of hydrogen-bond acceptors (Lipinski definition) is 2. The van der Waals surface area contributed by atoms with Crippen LogP contribution in [0.3, 0.4) is 0 Å². The molecular weight excluding hydrogens is 228 g/mol. The molecule has 0 aliphatic heterocycles. The van der Waals surface area contributed by atoms with E-state index in [0.717, 1.165) is 54.6 Å². The van der Waals surface area contributed by atoms with Gasteiger partial charge in [-0.1, -0.05) is 32.6 Å². The number of carbonyl (C=O) groups excluding carboxylic acids is 1. The van der Waals surface area contributed by atoms with Crippen molar-refractivity contribution in [2.75, 3.05) is 0 Å². The third kappa shape index (κ3) is 3.44. The summed E-state index contributed by atoms with van der Waals surface area (Å²) < 4.78 is 0. The first-order valence-electron chi connectivity index (χ1n) is 6.34. The van der Waals surface area contributed by atoms with Gasteiger partial charge in [-0.25, -0.2) is 0 Å². The molecule has 0 aliphatic carbocycles. The quantitative estimate of drug-likeness (QED) is 0.521. The molecule has 0 fully saturated rings. The summed E-state index contributed by atoms with van der Waals surface area (Å²) in [6.45, 7) is 4.34. The van der Waals surface area contributed by atoms with Crippen molar-refractivity contribution in [3.63, 3.8) is 0 Å². The number of terminal acetylenes is 1. The minimum absolute atomic E-state index is 0.845. The van der Waals surface area contributed by atoms with Gasteiger partial charge in [0.15, 0.2) is 6.29 Å². The van der Waals surface area contributed by atoms with Crippen molar-refractivity contribution in [1.82, 2.24) is 0 Å². The topological polar surface area (TPSA) is 17.1 Å². The van der Waals surface area contributed by atoms with E-state index in [9.17, 15) is 4.79 Å². The summed E-state index contributed by atoms with van der Waals surface area (Å²) >= 11 is 1.48. The Labute approximate surface area is 108 Å². The zero-order valence-corrected chi connectivity index (χ0v) is 11.5. The van der Waals surface area contributed by atoms with E-state index in [1.165, 1.54) is 22.5 Å². The fourth-order valence-corrected chi connectivity index (χ4v) is 3.00. The number of carbonyl (C=O) groups is 1. The molecular formula is C15H20OS. The van der Waals surface area contributed by atoms with Crippen LogP contribution >= 0.6 is 11.3 Å². The highest BCUT2D eigenvalue weighted by molar-refractivity contribution is 7.14. The summed E-state index contributed by atoms with van der Waals surface area (Å²) in [6, 6.07) is 0. The maximum Gasteiger partial charge on any atom is 0.160 e. The van der Waals surface area contributed by atoms with Crippen LogP contribution in [-0.4, -0.2) is 6.29 Å². The predicted octanol–water partition coefficient (Wildman–Crippen LogP) is 4.23. The molecule has 0 radical (unpaired) electrons. The van der Waals surface area contributed by atoms with Gasteiger partial charge in [0.2, 0.25) is 0 Å². The molecule has 0 N–H and O–H groups in total. The first-order chi connectivity index (χ1) is 8.28. The van der Waals surface area contributed by atoms with Gasteiger partial charge in [0, 0.05) is 0 Å². The van der Waals surface area contributed by atoms with Crippen LogP contribution in [0.25, 0.3) is 0 Å². The number of rotatable bonds is 7. The Morgan fingerprint density at radius 2 is 1.76 bits per heavy atom. The van der Waals surface area contributed by atoms with Crippen molar-refractivity contribution in [1.29, 1.82) is 0 Å². The third-order valence-corrected chi connectivity index (χ3v) is 4.08. The first-order valence-corrected chi connectivity index (χ1v) is 7.16. The van der Waals surface area contributed by atoms with Gasteiger partial charge in [-0.3, -0.25) is 4.79 Å². The zero-order valence-electron chi connectivity index (χ0n) is 10.7. The molecule has 1 aromatic rings. The van der Waals surface area contributed by atoms with Crippen LogP contribution < -0.4 is 0 Å². The van der Waals surface area contributed by atoms with E-state index in [2.05, 4.69) is 19.8 Å². The molecule has 1 heterocycles. The average Bonchev–Trinajstić information content (AvgIpc) is 2.70. The monoisotopic (exact) mass is 248 g/mol. The van der Waals surface area contributed by atoms with Crippen molar-refractivity contribution >= 4 is 17.6 Å². The van der Waals surface area contributed by atoms with Crippen LogP contribution in [0.1, 0.15) is 65.2 Å². The fraction of sp³-hybridized carbons (Fsp3) is 0.533. The predicted molar refractivity (Wildman–Crippen MR) is 74.9 cm³/mol. The van der Waals surface area contributed by atoms with Crippen molar-refractivity contribution in [3.05, 3.63) is 20.9 Å². The van der Waals surface area contributed by atoms with Gasteiger partial charge in [-0.15, -0.1) is 17.8 Å². The van der Waals surface area contributed by atoms with Crippen LogP contribution in [0, 0.1) is 12.3 Å². The van der Waals surface area contributed by atoms with E-state index >= 15 is 0 Å². The number of hydrogen-bond donors (Lipinski definition) is 0. The Morgan fingerprint density at radius 1 is 1.18 bits per heavy atom. The lowest BCUT2D eigenvalue weighted by molar-refractivity contribution is 0.112. The van der Waals surface area contributed by atoms with Crippen LogP contribution in [0.4, 0.5) is 0 Å². The number of aldehydes is 1. The molecule has 1 aromatic heterocycles. The van der Waals surface area contributed by atoms with Crippen LogP contribution in [-0.2, 0) is 12.8 Å². The summed E-state index contributed by atoms with van der Waals surface area (Å²) in [7, 11) is 0. The lowest BCUT2D eigenvalue weighted by Gasteiger charge is -2.05. The molecule has 0 bridgehead atoms. The second-order valence-corrected chi connectivity index (χ2v) is 5.27. The highest BCUT2D eigenvalue weighted by atomic mass is 32.1. The summed E-state index contributed by atoms with van der Waals surface area (Å²) in [4.78, 5) is 12.9. The van der Waals surface area contributed by atoms with Gasteiger partial charge in [-0.2, -0.15) is 0 Å². The summed E-state index contributed by atoms with van der Waals surface area (Å²) in [6.07, 6.45) is 13.1. The Balaban J connectivity index is 3.06. The Kier molecular flexibility index (Phi) is 6.00. The Morgan fingerprint density at radius 3 is 2.24 bits per heavy atom. The third-order valence-electron chi connectivity index (χ3n) is 2.95. The van der Waals surface area contributed by atoms with Crippen molar-refractivity contribution in [3.8, 4) is 12.3 Å². The summed E-state index contributed by atoms with van der Waals surface area (Å²) in [5.74, 6) is 2.74. The molecule has 0 amide bonds. The van der Waals surface area contributed by atoms with Crippen molar-refractivity contribution in [2.45, 2.75) is 52.4 Å². The summed E-state index contributed by atoms with van der Waals surface area (Å²) in [5.41, 5.74) is 2.48. The molecule has 17 heavy (non-hydrogen) atoms. The molecule has 0 spiro atoms. The zero-order chi connectivity index (χ0) is 12.7. The minimum Gasteiger partial charge on any atom is -0.297 e. The average molecular weight is 248 g/mol. The Bertz CT molecular complexity index is 409. The van der Waals surface area contributed by atoms with Gasteiger partial charge < -0.3 is 0 Å². The van der Waals surface area contributed by atoms with Gasteiger partial charge in [0.25, 0.3) is 0 Å². The smallest absolute Gasteiger partial charge is 0.160 e. The van der Waals surface area contributed by atoms with E-state index < -0.39 is 0 Å². The number of unbranched alkanes of at least 4 members (excludes halogenated alkanes) is 2. The van der Waals surface area contributed by atoms with E-state index in [0.29, 0.717) is 0 Å². The number of thiophene rings is 1. The van der Waals surface area contributed by atoms with Gasteiger partial charge in [-0.05, 0) is 36.8 Å². The molecule has 2 heteroatoms. The molecule has 0 saturated heterocycles. The van der Waals surface area contributed by atoms with Crippen molar-refractivity contribution in [2.24, 2.45) is 0 Å². The van der Waals surface area contributed by atoms with E-state index in [4.69, 9.17) is 6.42 Å². The maximum absolute atomic E-state index is 11.1. The molecule has 1 rings (SSSR count).